The molecule has 1 N–H and O–H groups in total. The molecule has 0 radical (unpaired) electrons. The van der Waals surface area contributed by atoms with Crippen LogP contribution in [0.15, 0.2) is 42.5 Å². The number of carbonyl (C=O) groups excluding carboxylic acids is 1. The summed E-state index contributed by atoms with van der Waals surface area (Å²) in [4.78, 5) is 11.4. The van der Waals surface area contributed by atoms with E-state index in [9.17, 15) is 9.90 Å². The van der Waals surface area contributed by atoms with Gasteiger partial charge in [-0.15, -0.1) is 0 Å². The van der Waals surface area contributed by atoms with Crippen molar-refractivity contribution in [3.8, 4) is 0 Å². The number of carbonyl (C=O) groups is 1. The van der Waals surface area contributed by atoms with E-state index in [4.69, 9.17) is 9.84 Å². The second-order valence-corrected chi connectivity index (χ2v) is 10.4. The molecule has 4 nitrogen and oxygen atoms in total. The maximum Gasteiger partial charge on any atom is 1.00 e. The summed E-state index contributed by atoms with van der Waals surface area (Å²) in [6.07, 6.45) is 6.36. The average molecular weight is 737 g/mol. The van der Waals surface area contributed by atoms with Crippen molar-refractivity contribution in [2.75, 3.05) is 7.11 Å². The molecular formula is C24H28BrI2NaO4. The Morgan fingerprint density at radius 2 is 1.66 bits per heavy atom. The average Bonchev–Trinajstić information content (AvgIpc) is 2.72. The van der Waals surface area contributed by atoms with Crippen LogP contribution in [0.5, 0.6) is 0 Å². The van der Waals surface area contributed by atoms with Gasteiger partial charge in [-0.25, -0.2) is 0 Å². The van der Waals surface area contributed by atoms with E-state index in [0.29, 0.717) is 4.83 Å². The van der Waals surface area contributed by atoms with E-state index >= 15 is 0 Å². The quantitative estimate of drug-likeness (QED) is 0.211. The minimum absolute atomic E-state index is 0. The summed E-state index contributed by atoms with van der Waals surface area (Å²) in [5, 5.41) is 17.8. The number of ether oxygens (including phenoxy) is 1. The Morgan fingerprint density at radius 1 is 1.06 bits per heavy atom. The number of halogens is 3. The van der Waals surface area contributed by atoms with Gasteiger partial charge in [0, 0.05) is 18.9 Å². The van der Waals surface area contributed by atoms with Crippen LogP contribution < -0.4 is 34.7 Å². The zero-order valence-electron chi connectivity index (χ0n) is 17.8. The largest absolute Gasteiger partial charge is 1.00 e. The SMILES string of the molecule is C.CC(=O)OC1CCC(Br)c2cc(I)ccc21.C[O-].OC1CC=Cc2cc(I)ccc21.[Na+]. The zero-order chi connectivity index (χ0) is 22.3. The molecule has 2 aliphatic rings. The Hall–Kier alpha value is 0.510. The number of benzene rings is 2. The number of hydrogen-bond donors (Lipinski definition) is 1. The van der Waals surface area contributed by atoms with Gasteiger partial charge >= 0.3 is 35.5 Å². The van der Waals surface area contributed by atoms with Gasteiger partial charge in [-0.1, -0.05) is 47.6 Å². The fourth-order valence-electron chi connectivity index (χ4n) is 3.49. The molecule has 2 aromatic carbocycles. The van der Waals surface area contributed by atoms with Crippen LogP contribution in [0, 0.1) is 7.14 Å². The first kappa shape index (κ1) is 32.5. The van der Waals surface area contributed by atoms with Crippen LogP contribution in [0.4, 0.5) is 0 Å². The maximum absolute atomic E-state index is 11.0. The predicted molar refractivity (Wildman–Crippen MR) is 145 cm³/mol. The standard InChI is InChI=1S/C12H12BrIO2.C10H9IO.CH3O.CH4.Na/c1-7(15)16-12-5-4-11(13)10-6-8(14)2-3-9(10)12;11-8-4-5-9-7(6-8)2-1-3-10(9)12;1-2;;/h2-3,6,11-12H,4-5H2,1H3;1-2,4-6,10,12H,3H2;1H3;1H4;/q;;-1;;+1. The van der Waals surface area contributed by atoms with Gasteiger partial charge in [0.25, 0.3) is 0 Å². The molecular weight excluding hydrogens is 709 g/mol. The number of alkyl halides is 1. The van der Waals surface area contributed by atoms with E-state index in [1.54, 1.807) is 0 Å². The van der Waals surface area contributed by atoms with Crippen molar-refractivity contribution in [1.29, 1.82) is 0 Å². The first-order valence-electron chi connectivity index (χ1n) is 9.50. The number of rotatable bonds is 1. The van der Waals surface area contributed by atoms with Crippen LogP contribution in [-0.2, 0) is 9.53 Å². The molecule has 0 amide bonds. The first-order chi connectivity index (χ1) is 14.3. The summed E-state index contributed by atoms with van der Waals surface area (Å²) >= 11 is 8.25. The number of fused-ring (bicyclic) bond motifs is 2. The predicted octanol–water partition coefficient (Wildman–Crippen LogP) is 3.48. The summed E-state index contributed by atoms with van der Waals surface area (Å²) < 4.78 is 7.77. The van der Waals surface area contributed by atoms with Crippen LogP contribution in [0.2, 0.25) is 0 Å². The molecule has 3 atom stereocenters. The van der Waals surface area contributed by atoms with Crippen molar-refractivity contribution in [2.45, 2.75) is 50.6 Å². The molecule has 170 valence electrons. The van der Waals surface area contributed by atoms with Gasteiger partial charge in [0.05, 0.1) is 6.10 Å². The second-order valence-electron chi connectivity index (χ2n) is 6.84. The van der Waals surface area contributed by atoms with E-state index in [1.807, 2.05) is 18.2 Å². The van der Waals surface area contributed by atoms with Gasteiger partial charge in [-0.05, 0) is 111 Å². The molecule has 0 bridgehead atoms. The van der Waals surface area contributed by atoms with E-state index < -0.39 is 0 Å². The molecule has 0 aliphatic heterocycles. The molecule has 2 aromatic rings. The van der Waals surface area contributed by atoms with Gasteiger partial charge in [0.1, 0.15) is 6.10 Å². The van der Waals surface area contributed by atoms with E-state index in [-0.39, 0.29) is 55.2 Å². The molecule has 0 saturated heterocycles. The number of hydrogen-bond acceptors (Lipinski definition) is 4. The molecule has 4 rings (SSSR count). The van der Waals surface area contributed by atoms with Crippen LogP contribution in [0.3, 0.4) is 0 Å². The fourth-order valence-corrected chi connectivity index (χ4v) is 5.18. The van der Waals surface area contributed by atoms with Gasteiger partial charge in [-0.3, -0.25) is 4.79 Å². The van der Waals surface area contributed by atoms with Crippen LogP contribution in [-0.4, -0.2) is 18.2 Å². The Morgan fingerprint density at radius 3 is 2.28 bits per heavy atom. The number of aliphatic hydroxyl groups excluding tert-OH is 1. The zero-order valence-corrected chi connectivity index (χ0v) is 25.7. The first-order valence-corrected chi connectivity index (χ1v) is 12.6. The fraction of sp³-hybridized carbons (Fsp3) is 0.375. The van der Waals surface area contributed by atoms with Crippen LogP contribution in [0.25, 0.3) is 6.08 Å². The van der Waals surface area contributed by atoms with Gasteiger partial charge in [-0.2, -0.15) is 7.11 Å². The Bertz CT molecular complexity index is 908. The normalized spacial score (nSPS) is 19.8. The number of aliphatic hydroxyl groups is 1. The smallest absolute Gasteiger partial charge is 0.857 e. The molecule has 32 heavy (non-hydrogen) atoms. The molecule has 0 saturated carbocycles. The third-order valence-electron chi connectivity index (χ3n) is 4.79. The molecule has 3 unspecified atom stereocenters. The van der Waals surface area contributed by atoms with Gasteiger partial charge < -0.3 is 14.9 Å². The van der Waals surface area contributed by atoms with Crippen molar-refractivity contribution < 1.29 is 49.3 Å². The third kappa shape index (κ3) is 9.28. The summed E-state index contributed by atoms with van der Waals surface area (Å²) in [6.45, 7) is 1.46. The van der Waals surface area contributed by atoms with Crippen molar-refractivity contribution in [1.82, 2.24) is 0 Å². The Balaban J connectivity index is 0.000000541. The summed E-state index contributed by atoms with van der Waals surface area (Å²) in [6, 6.07) is 12.4. The van der Waals surface area contributed by atoms with E-state index in [1.165, 1.54) is 19.6 Å². The minimum Gasteiger partial charge on any atom is -0.857 e. The molecule has 0 spiro atoms. The monoisotopic (exact) mass is 736 g/mol. The third-order valence-corrected chi connectivity index (χ3v) is 7.08. The van der Waals surface area contributed by atoms with E-state index in [2.05, 4.69) is 91.5 Å². The van der Waals surface area contributed by atoms with Crippen molar-refractivity contribution >= 4 is 73.2 Å². The second kappa shape index (κ2) is 16.2. The summed E-state index contributed by atoms with van der Waals surface area (Å²) in [5.41, 5.74) is 4.60. The molecule has 0 fully saturated rings. The minimum atomic E-state index is -0.304. The van der Waals surface area contributed by atoms with Crippen LogP contribution >= 0.6 is 61.1 Å². The van der Waals surface area contributed by atoms with Crippen molar-refractivity contribution in [2.24, 2.45) is 0 Å². The summed E-state index contributed by atoms with van der Waals surface area (Å²) in [7, 11) is 0.750. The van der Waals surface area contributed by atoms with E-state index in [0.717, 1.165) is 43.1 Å². The molecule has 0 aromatic heterocycles. The maximum atomic E-state index is 11.0. The van der Waals surface area contributed by atoms with Gasteiger partial charge in [0.15, 0.2) is 0 Å². The van der Waals surface area contributed by atoms with Gasteiger partial charge in [0.2, 0.25) is 0 Å². The molecule has 8 heteroatoms. The Kier molecular flexibility index (Phi) is 16.5. The summed E-state index contributed by atoms with van der Waals surface area (Å²) in [5.74, 6) is -0.206. The number of esters is 1. The van der Waals surface area contributed by atoms with Crippen LogP contribution in [0.1, 0.15) is 72.9 Å². The Labute approximate surface area is 249 Å². The topological polar surface area (TPSA) is 69.6 Å². The van der Waals surface area contributed by atoms with Crippen molar-refractivity contribution in [3.63, 3.8) is 0 Å². The molecule has 0 heterocycles. The molecule has 2 aliphatic carbocycles. The van der Waals surface area contributed by atoms with Crippen molar-refractivity contribution in [3.05, 3.63) is 71.9 Å².